The van der Waals surface area contributed by atoms with Crippen LogP contribution in [0.25, 0.3) is 16.9 Å². The van der Waals surface area contributed by atoms with Crippen molar-refractivity contribution in [3.05, 3.63) is 64.6 Å². The molecule has 1 amide bonds. The zero-order valence-electron chi connectivity index (χ0n) is 17.7. The fourth-order valence-electron chi connectivity index (χ4n) is 4.40. The number of hydrogen-bond acceptors (Lipinski definition) is 7. The molecule has 4 aromatic rings. The van der Waals surface area contributed by atoms with Crippen LogP contribution in [-0.4, -0.2) is 30.1 Å². The summed E-state index contributed by atoms with van der Waals surface area (Å²) in [6.45, 7) is 0. The lowest BCUT2D eigenvalue weighted by molar-refractivity contribution is 0.100. The van der Waals surface area contributed by atoms with E-state index in [9.17, 15) is 14.7 Å². The SMILES string of the molecule is NC(=O)c1ccc(Nc2nc(N)c3c(n2)n(C2CCCC2)c(=O)n3-c2cccc(O)c2)cc1. The van der Waals surface area contributed by atoms with Crippen molar-refractivity contribution >= 4 is 34.5 Å². The second-order valence-electron chi connectivity index (χ2n) is 8.12. The summed E-state index contributed by atoms with van der Waals surface area (Å²) in [5.41, 5.74) is 13.7. The molecule has 0 spiro atoms. The number of aromatic nitrogens is 4. The predicted octanol–water partition coefficient (Wildman–Crippen LogP) is 2.83. The zero-order chi connectivity index (χ0) is 23.1. The summed E-state index contributed by atoms with van der Waals surface area (Å²) in [4.78, 5) is 33.9. The number of benzene rings is 2. The number of nitrogen functional groups attached to an aromatic ring is 1. The molecule has 6 N–H and O–H groups in total. The van der Waals surface area contributed by atoms with Crippen LogP contribution in [0, 0.1) is 0 Å². The van der Waals surface area contributed by atoms with Crippen LogP contribution in [0.15, 0.2) is 53.3 Å². The molecule has 0 radical (unpaired) electrons. The number of hydrogen-bond donors (Lipinski definition) is 4. The third kappa shape index (κ3) is 3.65. The van der Waals surface area contributed by atoms with Gasteiger partial charge in [0.25, 0.3) is 0 Å². The molecule has 0 unspecified atom stereocenters. The van der Waals surface area contributed by atoms with E-state index in [1.54, 1.807) is 41.0 Å². The van der Waals surface area contributed by atoms with Gasteiger partial charge in [-0.15, -0.1) is 0 Å². The molecule has 2 aromatic heterocycles. The highest BCUT2D eigenvalue weighted by molar-refractivity contribution is 5.93. The molecule has 0 bridgehead atoms. The number of rotatable bonds is 5. The number of carbonyl (C=O) groups is 1. The van der Waals surface area contributed by atoms with E-state index < -0.39 is 5.91 Å². The molecule has 1 aliphatic carbocycles. The molecule has 1 fully saturated rings. The maximum absolute atomic E-state index is 13.6. The van der Waals surface area contributed by atoms with Crippen molar-refractivity contribution in [1.82, 2.24) is 19.1 Å². The number of aromatic hydroxyl groups is 1. The first-order chi connectivity index (χ1) is 15.9. The van der Waals surface area contributed by atoms with Crippen LogP contribution in [-0.2, 0) is 0 Å². The van der Waals surface area contributed by atoms with Crippen molar-refractivity contribution in [2.75, 3.05) is 11.1 Å². The highest BCUT2D eigenvalue weighted by atomic mass is 16.3. The van der Waals surface area contributed by atoms with E-state index in [2.05, 4.69) is 15.3 Å². The highest BCUT2D eigenvalue weighted by Gasteiger charge is 2.27. The van der Waals surface area contributed by atoms with E-state index >= 15 is 0 Å². The first-order valence-electron chi connectivity index (χ1n) is 10.7. The number of carbonyl (C=O) groups excluding carboxylic acids is 1. The van der Waals surface area contributed by atoms with E-state index in [-0.39, 0.29) is 29.2 Å². The number of amides is 1. The molecule has 168 valence electrons. The quantitative estimate of drug-likeness (QED) is 0.368. The summed E-state index contributed by atoms with van der Waals surface area (Å²) in [5, 5.41) is 13.0. The Kier molecular flexibility index (Phi) is 4.97. The van der Waals surface area contributed by atoms with Crippen LogP contribution in [0.5, 0.6) is 5.75 Å². The van der Waals surface area contributed by atoms with Crippen molar-refractivity contribution in [3.8, 4) is 11.4 Å². The normalized spacial score (nSPS) is 14.1. The summed E-state index contributed by atoms with van der Waals surface area (Å²) in [6, 6.07) is 13.0. The largest absolute Gasteiger partial charge is 0.508 e. The average molecular weight is 445 g/mol. The van der Waals surface area contributed by atoms with Crippen molar-refractivity contribution in [3.63, 3.8) is 0 Å². The molecule has 1 aliphatic rings. The summed E-state index contributed by atoms with van der Waals surface area (Å²) in [5.74, 6) is -0.115. The first kappa shape index (κ1) is 20.6. The monoisotopic (exact) mass is 445 g/mol. The molecule has 2 heterocycles. The van der Waals surface area contributed by atoms with Gasteiger partial charge in [-0.1, -0.05) is 18.9 Å². The van der Waals surface area contributed by atoms with E-state index in [1.807, 2.05) is 0 Å². The van der Waals surface area contributed by atoms with E-state index in [4.69, 9.17) is 11.5 Å². The van der Waals surface area contributed by atoms with Crippen molar-refractivity contribution in [1.29, 1.82) is 0 Å². The Labute approximate surface area is 188 Å². The fourth-order valence-corrected chi connectivity index (χ4v) is 4.40. The Balaban J connectivity index is 1.67. The number of phenolic OH excluding ortho intramolecular Hbond substituents is 1. The van der Waals surface area contributed by atoms with Crippen molar-refractivity contribution in [2.24, 2.45) is 5.73 Å². The number of nitrogens with one attached hydrogen (secondary N) is 1. The van der Waals surface area contributed by atoms with Gasteiger partial charge in [-0.3, -0.25) is 13.9 Å². The Morgan fingerprint density at radius 1 is 1.09 bits per heavy atom. The minimum absolute atomic E-state index is 0.00978. The molecule has 10 nitrogen and oxygen atoms in total. The number of nitrogens with two attached hydrogens (primary N) is 2. The Morgan fingerprint density at radius 3 is 2.48 bits per heavy atom. The van der Waals surface area contributed by atoms with Gasteiger partial charge in [0.15, 0.2) is 11.5 Å². The zero-order valence-corrected chi connectivity index (χ0v) is 17.7. The van der Waals surface area contributed by atoms with Crippen LogP contribution in [0.1, 0.15) is 42.1 Å². The molecule has 1 saturated carbocycles. The van der Waals surface area contributed by atoms with E-state index in [0.29, 0.717) is 28.1 Å². The minimum Gasteiger partial charge on any atom is -0.508 e. The third-order valence-electron chi connectivity index (χ3n) is 5.95. The van der Waals surface area contributed by atoms with Gasteiger partial charge in [0, 0.05) is 23.4 Å². The minimum atomic E-state index is -0.516. The molecule has 0 saturated heterocycles. The Bertz CT molecular complexity index is 1420. The lowest BCUT2D eigenvalue weighted by atomic mass is 10.2. The smallest absolute Gasteiger partial charge is 0.335 e. The molecule has 5 rings (SSSR count). The first-order valence-corrected chi connectivity index (χ1v) is 10.7. The Morgan fingerprint density at radius 2 is 1.82 bits per heavy atom. The molecular weight excluding hydrogens is 422 g/mol. The Hall–Kier alpha value is -4.34. The number of phenols is 1. The second-order valence-corrected chi connectivity index (χ2v) is 8.12. The van der Waals surface area contributed by atoms with Crippen LogP contribution < -0.4 is 22.5 Å². The topological polar surface area (TPSA) is 154 Å². The summed E-state index contributed by atoms with van der Waals surface area (Å²) in [7, 11) is 0. The van der Waals surface area contributed by atoms with Gasteiger partial charge < -0.3 is 21.9 Å². The van der Waals surface area contributed by atoms with E-state index in [0.717, 1.165) is 25.7 Å². The van der Waals surface area contributed by atoms with Crippen LogP contribution >= 0.6 is 0 Å². The molecular formula is C23H23N7O3. The van der Waals surface area contributed by atoms with Gasteiger partial charge in [-0.05, 0) is 49.2 Å². The number of anilines is 3. The van der Waals surface area contributed by atoms with Gasteiger partial charge in [0.2, 0.25) is 11.9 Å². The third-order valence-corrected chi connectivity index (χ3v) is 5.95. The van der Waals surface area contributed by atoms with Gasteiger partial charge >= 0.3 is 5.69 Å². The molecule has 0 atom stereocenters. The molecule has 2 aromatic carbocycles. The number of imidazole rings is 1. The maximum atomic E-state index is 13.6. The van der Waals surface area contributed by atoms with Gasteiger partial charge in [0.05, 0.1) is 5.69 Å². The summed E-state index contributed by atoms with van der Waals surface area (Å²) >= 11 is 0. The molecule has 10 heteroatoms. The lowest BCUT2D eigenvalue weighted by Gasteiger charge is -2.11. The van der Waals surface area contributed by atoms with Crippen LogP contribution in [0.3, 0.4) is 0 Å². The van der Waals surface area contributed by atoms with Crippen LogP contribution in [0.4, 0.5) is 17.5 Å². The second kappa shape index (κ2) is 7.97. The molecule has 0 aliphatic heterocycles. The highest BCUT2D eigenvalue weighted by Crippen LogP contribution is 2.33. The number of nitrogens with zero attached hydrogens (tertiary/aromatic N) is 4. The van der Waals surface area contributed by atoms with Gasteiger partial charge in [0.1, 0.15) is 11.3 Å². The molecule has 33 heavy (non-hydrogen) atoms. The summed E-state index contributed by atoms with van der Waals surface area (Å²) in [6.07, 6.45) is 3.82. The van der Waals surface area contributed by atoms with Gasteiger partial charge in [-0.25, -0.2) is 4.79 Å². The fraction of sp³-hybridized carbons (Fsp3) is 0.217. The predicted molar refractivity (Wildman–Crippen MR) is 125 cm³/mol. The van der Waals surface area contributed by atoms with Crippen LogP contribution in [0.2, 0.25) is 0 Å². The average Bonchev–Trinajstić information content (AvgIpc) is 3.40. The van der Waals surface area contributed by atoms with Crippen molar-refractivity contribution < 1.29 is 9.90 Å². The van der Waals surface area contributed by atoms with Crippen molar-refractivity contribution in [2.45, 2.75) is 31.7 Å². The summed E-state index contributed by atoms with van der Waals surface area (Å²) < 4.78 is 3.14. The number of fused-ring (bicyclic) bond motifs is 1. The standard InChI is InChI=1S/C23H23N7O3/c24-19-18-21(28-22(27-19)26-14-10-8-13(9-11-14)20(25)32)30(15-4-1-2-5-15)23(33)29(18)16-6-3-7-17(31)12-16/h3,6-12,15,31H,1-2,4-5H2,(H2,25,32)(H3,24,26,27,28). The van der Waals surface area contributed by atoms with Gasteiger partial charge in [-0.2, -0.15) is 9.97 Å². The maximum Gasteiger partial charge on any atom is 0.335 e. The lowest BCUT2D eigenvalue weighted by Crippen LogP contribution is -2.26. The number of primary amides is 1. The van der Waals surface area contributed by atoms with E-state index in [1.165, 1.54) is 16.7 Å².